The summed E-state index contributed by atoms with van der Waals surface area (Å²) in [5.41, 5.74) is -2.78. The summed E-state index contributed by atoms with van der Waals surface area (Å²) >= 11 is 0. The van der Waals surface area contributed by atoms with Crippen LogP contribution < -0.4 is 0 Å². The first-order chi connectivity index (χ1) is 27.7. The lowest BCUT2D eigenvalue weighted by Crippen LogP contribution is -2.14. The normalized spacial score (nSPS) is 22.0. The number of fused-ring (bicyclic) bond motifs is 8. The smallest absolute Gasteiger partial charge is 0.136 e. The number of hydrogen-bond acceptors (Lipinski definition) is 1. The molecule has 1 aliphatic rings. The van der Waals surface area contributed by atoms with Crippen molar-refractivity contribution in [3.05, 3.63) is 144 Å². The first kappa shape index (κ1) is 12.4. The fraction of sp³-hybridized carbons (Fsp3) is 0.0732. The van der Waals surface area contributed by atoms with E-state index in [0.717, 1.165) is 6.07 Å². The Kier molecular flexibility index (Phi) is 2.49. The number of rotatable bonds is 2. The molecule has 9 rings (SSSR count). The van der Waals surface area contributed by atoms with E-state index in [-0.39, 0.29) is 54.9 Å². The van der Waals surface area contributed by atoms with Crippen molar-refractivity contribution in [2.75, 3.05) is 0 Å². The topological polar surface area (TPSA) is 13.1 Å². The van der Waals surface area contributed by atoms with Crippen molar-refractivity contribution in [2.24, 2.45) is 0 Å². The summed E-state index contributed by atoms with van der Waals surface area (Å²) in [4.78, 5) is 0. The van der Waals surface area contributed by atoms with Crippen LogP contribution in [0.5, 0.6) is 0 Å². The third-order valence-corrected chi connectivity index (χ3v) is 8.13. The lowest BCUT2D eigenvalue weighted by atomic mass is 9.80. The van der Waals surface area contributed by atoms with E-state index in [2.05, 4.69) is 0 Å². The van der Waals surface area contributed by atoms with Crippen molar-refractivity contribution in [1.82, 2.24) is 0 Å². The minimum Gasteiger partial charge on any atom is -0.456 e. The number of furan rings is 1. The largest absolute Gasteiger partial charge is 0.456 e. The highest BCUT2D eigenvalue weighted by molar-refractivity contribution is 6.25. The van der Waals surface area contributed by atoms with E-state index in [9.17, 15) is 8.22 Å². The molecule has 0 spiro atoms. The van der Waals surface area contributed by atoms with Crippen LogP contribution in [-0.4, -0.2) is 0 Å². The lowest BCUT2D eigenvalue weighted by Gasteiger charge is -2.23. The maximum Gasteiger partial charge on any atom is 0.136 e. The summed E-state index contributed by atoms with van der Waals surface area (Å²) in [5, 5.41) is 0.119. The molecule has 8 aromatic rings. The minimum atomic E-state index is -3.06. The monoisotopic (exact) mass is 553 g/mol. The number of benzene rings is 7. The summed E-state index contributed by atoms with van der Waals surface area (Å²) in [6.45, 7) is -1.83. The Balaban J connectivity index is 1.58. The molecule has 0 N–H and O–H groups in total. The molecule has 1 heteroatoms. The molecule has 0 fully saturated rings. The summed E-state index contributed by atoms with van der Waals surface area (Å²) in [6, 6.07) is 4.20. The average Bonchev–Trinajstić information content (AvgIpc) is 3.71. The Morgan fingerprint density at radius 1 is 0.571 bits per heavy atom. The van der Waals surface area contributed by atoms with Gasteiger partial charge < -0.3 is 4.42 Å². The second kappa shape index (κ2) is 8.44. The van der Waals surface area contributed by atoms with Crippen LogP contribution in [0.3, 0.4) is 0 Å². The highest BCUT2D eigenvalue weighted by Crippen LogP contribution is 2.51. The van der Waals surface area contributed by atoms with Gasteiger partial charge in [0.1, 0.15) is 11.2 Å². The van der Waals surface area contributed by atoms with E-state index in [1.165, 1.54) is 6.92 Å². The number of para-hydroxylation sites is 1. The van der Waals surface area contributed by atoms with Crippen molar-refractivity contribution in [3.63, 3.8) is 0 Å². The molecule has 1 nitrogen and oxygen atoms in total. The molecule has 1 aliphatic carbocycles. The van der Waals surface area contributed by atoms with E-state index in [1.807, 2.05) is 0 Å². The van der Waals surface area contributed by atoms with Crippen LogP contribution in [-0.2, 0) is 5.41 Å². The zero-order chi connectivity index (χ0) is 42.7. The Bertz CT molecular complexity index is 3190. The molecule has 0 radical (unpaired) electrons. The maximum absolute atomic E-state index is 9.87. The van der Waals surface area contributed by atoms with Crippen LogP contribution in [0, 0.1) is 0 Å². The molecule has 1 atom stereocenters. The second-order valence-electron chi connectivity index (χ2n) is 10.5. The van der Waals surface area contributed by atoms with Gasteiger partial charge in [0.05, 0.1) is 19.2 Å². The third kappa shape index (κ3) is 3.08. The average molecular weight is 554 g/mol. The third-order valence-electron chi connectivity index (χ3n) is 8.13. The fourth-order valence-corrected chi connectivity index (χ4v) is 6.31. The first-order valence-corrected chi connectivity index (χ1v) is 13.3. The molecule has 0 aliphatic heterocycles. The van der Waals surface area contributed by atoms with Crippen LogP contribution >= 0.6 is 0 Å². The molecule has 7 aromatic carbocycles. The highest BCUT2D eigenvalue weighted by Gasteiger charge is 2.35. The van der Waals surface area contributed by atoms with Gasteiger partial charge in [-0.15, -0.1) is 0 Å². The molecule has 1 aromatic heterocycles. The molecule has 0 bridgehead atoms. The van der Waals surface area contributed by atoms with Gasteiger partial charge in [0.2, 0.25) is 0 Å². The standard InChI is InChI=1S/C41H28O/c1-41(2)34-19-9-7-12-26(34)27-23-22-25(24-35(27)41)38-28-13-3-5-15-30(28)39(31-16-6-4-14-29(31)38)33-18-11-21-37-40(33)32-17-8-10-20-36(32)42-37/h3-24H,1-2H3/i1D3,3D,4D,5D,6D,7D,9D,12D,13D,14D,15D,16D,19D,22D,24D. The van der Waals surface area contributed by atoms with Gasteiger partial charge >= 0.3 is 0 Å². The van der Waals surface area contributed by atoms with Crippen molar-refractivity contribution in [1.29, 1.82) is 0 Å². The predicted molar refractivity (Wildman–Crippen MR) is 177 cm³/mol. The molecule has 1 heterocycles. The molecule has 0 saturated heterocycles. The summed E-state index contributed by atoms with van der Waals surface area (Å²) < 4.78 is 159. The van der Waals surface area contributed by atoms with Gasteiger partial charge in [0.25, 0.3) is 0 Å². The minimum absolute atomic E-state index is 0.0116. The van der Waals surface area contributed by atoms with Crippen LogP contribution in [0.4, 0.5) is 0 Å². The summed E-state index contributed by atoms with van der Waals surface area (Å²) in [5.74, 6) is 0. The van der Waals surface area contributed by atoms with E-state index >= 15 is 0 Å². The SMILES string of the molecule is [2H]c1cc2c(c([2H])c1-c1c3c([2H])c([2H])c([2H])c([2H])c3c(-c3cccc4oc5ccccc5c34)c3c([2H])c([2H])c([2H])c([2H])c13)C(C)(C([2H])([2H])[2H])c1c([2H])c([2H])c([2H])c([2H])c1-2. The Morgan fingerprint density at radius 3 is 2.00 bits per heavy atom. The van der Waals surface area contributed by atoms with Crippen molar-refractivity contribution >= 4 is 43.5 Å². The van der Waals surface area contributed by atoms with E-state index in [0.29, 0.717) is 27.5 Å². The van der Waals surface area contributed by atoms with E-state index < -0.39 is 102 Å². The number of hydrogen-bond donors (Lipinski definition) is 0. The molecule has 1 unspecified atom stereocenters. The lowest BCUT2D eigenvalue weighted by molar-refractivity contribution is 0.660. The summed E-state index contributed by atoms with van der Waals surface area (Å²) in [7, 11) is 0. The second-order valence-corrected chi connectivity index (χ2v) is 10.5. The van der Waals surface area contributed by atoms with Crippen LogP contribution in [0.15, 0.2) is 138 Å². The van der Waals surface area contributed by atoms with Crippen molar-refractivity contribution < 1.29 is 27.7 Å². The van der Waals surface area contributed by atoms with Gasteiger partial charge in [-0.05, 0) is 84.2 Å². The van der Waals surface area contributed by atoms with Gasteiger partial charge in [0, 0.05) is 20.3 Å². The van der Waals surface area contributed by atoms with E-state index in [4.69, 9.17) is 19.5 Å². The van der Waals surface area contributed by atoms with Gasteiger partial charge in [-0.2, -0.15) is 0 Å². The molecule has 198 valence electrons. The molecule has 0 saturated carbocycles. The zero-order valence-electron chi connectivity index (χ0n) is 39.0. The van der Waals surface area contributed by atoms with E-state index in [1.54, 1.807) is 42.5 Å². The highest BCUT2D eigenvalue weighted by atomic mass is 16.3. The van der Waals surface area contributed by atoms with Crippen LogP contribution in [0.25, 0.3) is 76.9 Å². The van der Waals surface area contributed by atoms with Crippen LogP contribution in [0.2, 0.25) is 0 Å². The quantitative estimate of drug-likeness (QED) is 0.194. The molecular formula is C41H28O. The van der Waals surface area contributed by atoms with Gasteiger partial charge in [-0.25, -0.2) is 0 Å². The van der Waals surface area contributed by atoms with Gasteiger partial charge in [-0.3, -0.25) is 0 Å². The Morgan fingerprint density at radius 2 is 1.24 bits per heavy atom. The fourth-order valence-electron chi connectivity index (χ4n) is 6.31. The molecule has 0 amide bonds. The van der Waals surface area contributed by atoms with Gasteiger partial charge in [-0.1, -0.05) is 129 Å². The Hall–Kier alpha value is -5.14. The molecule has 42 heavy (non-hydrogen) atoms. The molecular weight excluding hydrogens is 508 g/mol. The zero-order valence-corrected chi connectivity index (χ0v) is 22.0. The van der Waals surface area contributed by atoms with Gasteiger partial charge in [0.15, 0.2) is 0 Å². The van der Waals surface area contributed by atoms with Crippen LogP contribution in [0.1, 0.15) is 48.2 Å². The van der Waals surface area contributed by atoms with Crippen molar-refractivity contribution in [3.8, 4) is 33.4 Å². The maximum atomic E-state index is 9.87. The summed E-state index contributed by atoms with van der Waals surface area (Å²) in [6.07, 6.45) is 0. The Labute approximate surface area is 268 Å². The van der Waals surface area contributed by atoms with Crippen molar-refractivity contribution in [2.45, 2.75) is 19.2 Å². The first-order valence-electron chi connectivity index (χ1n) is 21.8. The predicted octanol–water partition coefficient (Wildman–Crippen LogP) is 11.5.